The molecule has 90 valence electrons. The van der Waals surface area contributed by atoms with Crippen LogP contribution in [0.25, 0.3) is 0 Å². The number of halogens is 1. The molecule has 0 saturated heterocycles. The van der Waals surface area contributed by atoms with E-state index in [1.54, 1.807) is 18.2 Å². The Morgan fingerprint density at radius 1 is 1.24 bits per heavy atom. The number of benzene rings is 1. The number of hydrogen-bond donors (Lipinski definition) is 2. The molecule has 0 aromatic heterocycles. The van der Waals surface area contributed by atoms with Gasteiger partial charge in [0, 0.05) is 21.3 Å². The normalized spacial score (nSPS) is 11.7. The molecule has 0 heterocycles. The van der Waals surface area contributed by atoms with Gasteiger partial charge < -0.3 is 10.4 Å². The van der Waals surface area contributed by atoms with E-state index in [0.29, 0.717) is 5.69 Å². The number of hydrogen-bond acceptors (Lipinski definition) is 2. The highest BCUT2D eigenvalue weighted by Crippen LogP contribution is 2.16. The first kappa shape index (κ1) is 13.4. The maximum Gasteiger partial charge on any atom is 0.331 e. The van der Waals surface area contributed by atoms with Gasteiger partial charge in [-0.05, 0) is 32.0 Å². The molecule has 0 aliphatic heterocycles. The Labute approximate surface area is 107 Å². The molecule has 1 aromatic rings. The number of carboxylic acid groups (broad SMARTS) is 1. The third kappa shape index (κ3) is 3.71. The molecule has 0 spiro atoms. The van der Waals surface area contributed by atoms with Crippen LogP contribution < -0.4 is 5.32 Å². The second kappa shape index (κ2) is 5.63. The van der Waals surface area contributed by atoms with E-state index in [1.807, 2.05) is 6.07 Å². The number of rotatable bonds is 3. The fourth-order valence-electron chi connectivity index (χ4n) is 1.12. The van der Waals surface area contributed by atoms with Gasteiger partial charge in [-0.1, -0.05) is 22.0 Å². The van der Waals surface area contributed by atoms with Crippen molar-refractivity contribution in [3.8, 4) is 0 Å². The molecule has 0 atom stereocenters. The Kier molecular flexibility index (Phi) is 4.45. The van der Waals surface area contributed by atoms with Crippen molar-refractivity contribution in [2.24, 2.45) is 0 Å². The number of aliphatic carboxylic acids is 1. The van der Waals surface area contributed by atoms with Gasteiger partial charge in [-0.2, -0.15) is 0 Å². The molecule has 1 rings (SSSR count). The van der Waals surface area contributed by atoms with Crippen LogP contribution in [0.1, 0.15) is 13.8 Å². The van der Waals surface area contributed by atoms with E-state index in [-0.39, 0.29) is 11.1 Å². The molecule has 0 fully saturated rings. The van der Waals surface area contributed by atoms with Crippen LogP contribution in [0.3, 0.4) is 0 Å². The third-order valence-electron chi connectivity index (χ3n) is 2.31. The van der Waals surface area contributed by atoms with Crippen LogP contribution in [0.5, 0.6) is 0 Å². The van der Waals surface area contributed by atoms with Crippen LogP contribution in [0, 0.1) is 0 Å². The summed E-state index contributed by atoms with van der Waals surface area (Å²) in [5.74, 6) is -1.50. The van der Waals surface area contributed by atoms with E-state index in [2.05, 4.69) is 21.2 Å². The highest BCUT2D eigenvalue weighted by molar-refractivity contribution is 9.10. The molecular weight excluding hydrogens is 286 g/mol. The van der Waals surface area contributed by atoms with Crippen LogP contribution in [-0.4, -0.2) is 17.0 Å². The quantitative estimate of drug-likeness (QED) is 0.843. The summed E-state index contributed by atoms with van der Waals surface area (Å²) < 4.78 is 0.840. The highest BCUT2D eigenvalue weighted by Gasteiger charge is 2.12. The van der Waals surface area contributed by atoms with E-state index in [4.69, 9.17) is 5.11 Å². The topological polar surface area (TPSA) is 66.4 Å². The van der Waals surface area contributed by atoms with Crippen molar-refractivity contribution in [3.63, 3.8) is 0 Å². The number of amides is 1. The number of anilines is 1. The van der Waals surface area contributed by atoms with Gasteiger partial charge in [0.2, 0.25) is 0 Å². The van der Waals surface area contributed by atoms with Crippen molar-refractivity contribution in [1.29, 1.82) is 0 Å². The van der Waals surface area contributed by atoms with Crippen LogP contribution in [-0.2, 0) is 9.59 Å². The van der Waals surface area contributed by atoms with Gasteiger partial charge in [0.15, 0.2) is 0 Å². The summed E-state index contributed by atoms with van der Waals surface area (Å²) in [5, 5.41) is 11.4. The SMILES string of the molecule is CC(C(=O)O)=C(C)C(=O)Nc1cccc(Br)c1. The zero-order chi connectivity index (χ0) is 13.0. The molecule has 0 saturated carbocycles. The van der Waals surface area contributed by atoms with Crippen molar-refractivity contribution < 1.29 is 14.7 Å². The fraction of sp³-hybridized carbons (Fsp3) is 0.167. The lowest BCUT2D eigenvalue weighted by Crippen LogP contribution is -2.16. The average Bonchev–Trinajstić information content (AvgIpc) is 2.26. The summed E-state index contributed by atoms with van der Waals surface area (Å²) in [5.41, 5.74) is 0.844. The lowest BCUT2D eigenvalue weighted by atomic mass is 10.1. The second-order valence-electron chi connectivity index (χ2n) is 3.52. The van der Waals surface area contributed by atoms with Crippen molar-refractivity contribution >= 4 is 33.5 Å². The Bertz CT molecular complexity index is 494. The van der Waals surface area contributed by atoms with Gasteiger partial charge >= 0.3 is 5.97 Å². The van der Waals surface area contributed by atoms with Gasteiger partial charge in [-0.3, -0.25) is 4.79 Å². The fourth-order valence-corrected chi connectivity index (χ4v) is 1.52. The van der Waals surface area contributed by atoms with Crippen LogP contribution in [0.4, 0.5) is 5.69 Å². The smallest absolute Gasteiger partial charge is 0.331 e. The maximum absolute atomic E-state index is 11.7. The monoisotopic (exact) mass is 297 g/mol. The summed E-state index contributed by atoms with van der Waals surface area (Å²) in [6.45, 7) is 2.88. The number of carboxylic acids is 1. The summed E-state index contributed by atoms with van der Waals surface area (Å²) in [4.78, 5) is 22.4. The molecule has 1 aromatic carbocycles. The summed E-state index contributed by atoms with van der Waals surface area (Å²) in [6.07, 6.45) is 0. The molecule has 0 aliphatic carbocycles. The zero-order valence-electron chi connectivity index (χ0n) is 9.45. The lowest BCUT2D eigenvalue weighted by molar-refractivity contribution is -0.133. The average molecular weight is 298 g/mol. The molecule has 1 amide bonds. The predicted octanol–water partition coefficient (Wildman–Crippen LogP) is 2.81. The van der Waals surface area contributed by atoms with Crippen LogP contribution in [0.2, 0.25) is 0 Å². The zero-order valence-corrected chi connectivity index (χ0v) is 11.0. The lowest BCUT2D eigenvalue weighted by Gasteiger charge is -2.07. The molecule has 5 heteroatoms. The van der Waals surface area contributed by atoms with E-state index < -0.39 is 11.9 Å². The first-order valence-corrected chi connectivity index (χ1v) is 5.69. The molecule has 0 unspecified atom stereocenters. The number of nitrogens with one attached hydrogen (secondary N) is 1. The van der Waals surface area contributed by atoms with E-state index >= 15 is 0 Å². The number of carbonyl (C=O) groups is 2. The van der Waals surface area contributed by atoms with Crippen molar-refractivity contribution in [1.82, 2.24) is 0 Å². The molecule has 0 radical (unpaired) electrons. The van der Waals surface area contributed by atoms with Crippen molar-refractivity contribution in [2.45, 2.75) is 13.8 Å². The molecular formula is C12H12BrNO3. The first-order chi connectivity index (χ1) is 7.91. The summed E-state index contributed by atoms with van der Waals surface area (Å²) in [6, 6.07) is 7.08. The summed E-state index contributed by atoms with van der Waals surface area (Å²) in [7, 11) is 0. The minimum Gasteiger partial charge on any atom is -0.478 e. The Morgan fingerprint density at radius 2 is 1.88 bits per heavy atom. The van der Waals surface area contributed by atoms with E-state index in [9.17, 15) is 9.59 Å². The number of carbonyl (C=O) groups excluding carboxylic acids is 1. The van der Waals surface area contributed by atoms with E-state index in [1.165, 1.54) is 13.8 Å². The Morgan fingerprint density at radius 3 is 2.41 bits per heavy atom. The van der Waals surface area contributed by atoms with Crippen molar-refractivity contribution in [2.75, 3.05) is 5.32 Å². The van der Waals surface area contributed by atoms with Gasteiger partial charge in [0.05, 0.1) is 0 Å². The van der Waals surface area contributed by atoms with Gasteiger partial charge in [0.25, 0.3) is 5.91 Å². The van der Waals surface area contributed by atoms with E-state index in [0.717, 1.165) is 4.47 Å². The Hall–Kier alpha value is -1.62. The van der Waals surface area contributed by atoms with Gasteiger partial charge in [-0.25, -0.2) is 4.79 Å². The van der Waals surface area contributed by atoms with Crippen LogP contribution >= 0.6 is 15.9 Å². The van der Waals surface area contributed by atoms with Gasteiger partial charge in [0.1, 0.15) is 0 Å². The second-order valence-corrected chi connectivity index (χ2v) is 4.44. The molecule has 2 N–H and O–H groups in total. The minimum absolute atomic E-state index is 0.0393. The van der Waals surface area contributed by atoms with Gasteiger partial charge in [-0.15, -0.1) is 0 Å². The highest BCUT2D eigenvalue weighted by atomic mass is 79.9. The third-order valence-corrected chi connectivity index (χ3v) is 2.80. The predicted molar refractivity (Wildman–Crippen MR) is 68.8 cm³/mol. The molecule has 4 nitrogen and oxygen atoms in total. The largest absolute Gasteiger partial charge is 0.478 e. The molecule has 0 aliphatic rings. The first-order valence-electron chi connectivity index (χ1n) is 4.89. The standard InChI is InChI=1S/C12H12BrNO3/c1-7(8(2)12(16)17)11(15)14-10-5-3-4-9(13)6-10/h3-6H,1-2H3,(H,14,15)(H,16,17). The molecule has 0 bridgehead atoms. The van der Waals surface area contributed by atoms with Crippen molar-refractivity contribution in [3.05, 3.63) is 39.9 Å². The molecule has 17 heavy (non-hydrogen) atoms. The Balaban J connectivity index is 2.87. The van der Waals surface area contributed by atoms with Crippen LogP contribution in [0.15, 0.2) is 39.9 Å². The minimum atomic E-state index is -1.09. The summed E-state index contributed by atoms with van der Waals surface area (Å²) >= 11 is 3.28. The maximum atomic E-state index is 11.7.